The maximum atomic E-state index is 12.8. The SMILES string of the molecule is CCCOc1ccc(C2/C(=C(/O)c3ccc([N+](=O)[O-])cc3)C(=O)C(=O)N2CCC)cc1. The molecule has 31 heavy (non-hydrogen) atoms. The van der Waals surface area contributed by atoms with Gasteiger partial charge in [0.15, 0.2) is 0 Å². The highest BCUT2D eigenvalue weighted by molar-refractivity contribution is 6.46. The van der Waals surface area contributed by atoms with Crippen LogP contribution in [0, 0.1) is 10.1 Å². The highest BCUT2D eigenvalue weighted by Gasteiger charge is 2.45. The van der Waals surface area contributed by atoms with Gasteiger partial charge in [-0.15, -0.1) is 0 Å². The fourth-order valence-electron chi connectivity index (χ4n) is 3.56. The molecule has 8 heteroatoms. The van der Waals surface area contributed by atoms with Gasteiger partial charge in [0.2, 0.25) is 0 Å². The molecule has 2 aromatic rings. The van der Waals surface area contributed by atoms with Gasteiger partial charge in [0.05, 0.1) is 23.1 Å². The number of carbonyl (C=O) groups excluding carboxylic acids is 2. The predicted molar refractivity (Wildman–Crippen MR) is 115 cm³/mol. The van der Waals surface area contributed by atoms with Gasteiger partial charge >= 0.3 is 0 Å². The lowest BCUT2D eigenvalue weighted by Crippen LogP contribution is -2.30. The molecule has 1 N–H and O–H groups in total. The normalized spacial score (nSPS) is 17.7. The number of nitro groups is 1. The average molecular weight is 424 g/mol. The average Bonchev–Trinajstić information content (AvgIpc) is 3.03. The first-order chi connectivity index (χ1) is 14.9. The van der Waals surface area contributed by atoms with E-state index in [0.29, 0.717) is 30.9 Å². The van der Waals surface area contributed by atoms with Crippen LogP contribution in [-0.4, -0.2) is 39.8 Å². The number of aliphatic hydroxyl groups is 1. The van der Waals surface area contributed by atoms with Crippen molar-refractivity contribution < 1.29 is 24.4 Å². The van der Waals surface area contributed by atoms with Crippen molar-refractivity contribution in [2.45, 2.75) is 32.7 Å². The molecule has 1 unspecified atom stereocenters. The minimum Gasteiger partial charge on any atom is -0.507 e. The Bertz CT molecular complexity index is 1010. The van der Waals surface area contributed by atoms with Crippen LogP contribution in [0.5, 0.6) is 5.75 Å². The molecule has 0 aliphatic carbocycles. The molecular weight excluding hydrogens is 400 g/mol. The van der Waals surface area contributed by atoms with Crippen LogP contribution in [0.2, 0.25) is 0 Å². The van der Waals surface area contributed by atoms with Crippen LogP contribution in [0.4, 0.5) is 5.69 Å². The summed E-state index contributed by atoms with van der Waals surface area (Å²) in [5.74, 6) is -1.14. The van der Waals surface area contributed by atoms with Crippen molar-refractivity contribution in [2.24, 2.45) is 0 Å². The van der Waals surface area contributed by atoms with E-state index in [1.54, 1.807) is 24.3 Å². The number of benzene rings is 2. The number of aliphatic hydroxyl groups excluding tert-OH is 1. The molecular formula is C23H24N2O6. The van der Waals surface area contributed by atoms with E-state index in [0.717, 1.165) is 6.42 Å². The highest BCUT2D eigenvalue weighted by atomic mass is 16.6. The molecule has 2 aromatic carbocycles. The Morgan fingerprint density at radius 1 is 1.06 bits per heavy atom. The molecule has 0 radical (unpaired) electrons. The van der Waals surface area contributed by atoms with Crippen LogP contribution in [0.15, 0.2) is 54.1 Å². The minimum absolute atomic E-state index is 0.0328. The number of hydrogen-bond acceptors (Lipinski definition) is 6. The number of rotatable bonds is 8. The summed E-state index contributed by atoms with van der Waals surface area (Å²) in [7, 11) is 0. The van der Waals surface area contributed by atoms with E-state index in [1.165, 1.54) is 29.2 Å². The standard InChI is InChI=1S/C23H24N2O6/c1-3-13-24-20(15-7-11-18(12-8-15)31-14-4-2)19(22(27)23(24)28)21(26)16-5-9-17(10-6-16)25(29)30/h5-12,20,26H,3-4,13-14H2,1-2H3/b21-19-. The summed E-state index contributed by atoms with van der Waals surface area (Å²) in [6.07, 6.45) is 1.51. The van der Waals surface area contributed by atoms with E-state index in [4.69, 9.17) is 4.74 Å². The van der Waals surface area contributed by atoms with E-state index < -0.39 is 22.7 Å². The van der Waals surface area contributed by atoms with Crippen LogP contribution in [0.25, 0.3) is 5.76 Å². The van der Waals surface area contributed by atoms with Crippen molar-refractivity contribution in [2.75, 3.05) is 13.2 Å². The van der Waals surface area contributed by atoms with Crippen LogP contribution in [0.1, 0.15) is 43.9 Å². The Hall–Kier alpha value is -3.68. The van der Waals surface area contributed by atoms with E-state index >= 15 is 0 Å². The number of amides is 1. The van der Waals surface area contributed by atoms with Gasteiger partial charge in [-0.05, 0) is 42.7 Å². The molecule has 1 aliphatic heterocycles. The monoisotopic (exact) mass is 424 g/mol. The third-order valence-electron chi connectivity index (χ3n) is 5.02. The fraction of sp³-hybridized carbons (Fsp3) is 0.304. The fourth-order valence-corrected chi connectivity index (χ4v) is 3.56. The number of Topliss-reactive ketones (excluding diaryl/α,β-unsaturated/α-hetero) is 1. The third kappa shape index (κ3) is 4.42. The summed E-state index contributed by atoms with van der Waals surface area (Å²) in [5, 5.41) is 21.8. The first-order valence-electron chi connectivity index (χ1n) is 10.1. The summed E-state index contributed by atoms with van der Waals surface area (Å²) in [4.78, 5) is 37.3. The number of carbonyl (C=O) groups is 2. The van der Waals surface area contributed by atoms with Gasteiger partial charge in [0.25, 0.3) is 17.4 Å². The molecule has 1 fully saturated rings. The predicted octanol–water partition coefficient (Wildman–Crippen LogP) is 4.22. The van der Waals surface area contributed by atoms with Crippen molar-refractivity contribution >= 4 is 23.1 Å². The summed E-state index contributed by atoms with van der Waals surface area (Å²) in [6.45, 7) is 4.83. The number of non-ortho nitro benzene ring substituents is 1. The summed E-state index contributed by atoms with van der Waals surface area (Å²) in [6, 6.07) is 11.5. The lowest BCUT2D eigenvalue weighted by atomic mass is 9.95. The minimum atomic E-state index is -0.777. The Morgan fingerprint density at radius 2 is 1.71 bits per heavy atom. The van der Waals surface area contributed by atoms with Crippen LogP contribution < -0.4 is 4.74 Å². The number of hydrogen-bond donors (Lipinski definition) is 1. The van der Waals surface area contributed by atoms with Crippen molar-refractivity contribution in [3.63, 3.8) is 0 Å². The van der Waals surface area contributed by atoms with Crippen molar-refractivity contribution in [1.82, 2.24) is 4.90 Å². The second-order valence-electron chi connectivity index (χ2n) is 7.21. The molecule has 162 valence electrons. The largest absolute Gasteiger partial charge is 0.507 e. The van der Waals surface area contributed by atoms with Crippen molar-refractivity contribution in [3.05, 3.63) is 75.3 Å². The van der Waals surface area contributed by atoms with Gasteiger partial charge in [-0.2, -0.15) is 0 Å². The molecule has 1 heterocycles. The zero-order valence-electron chi connectivity index (χ0n) is 17.4. The maximum absolute atomic E-state index is 12.8. The van der Waals surface area contributed by atoms with Crippen molar-refractivity contribution in [1.29, 1.82) is 0 Å². The van der Waals surface area contributed by atoms with E-state index in [1.807, 2.05) is 13.8 Å². The van der Waals surface area contributed by atoms with E-state index in [-0.39, 0.29) is 22.6 Å². The highest BCUT2D eigenvalue weighted by Crippen LogP contribution is 2.40. The zero-order valence-corrected chi connectivity index (χ0v) is 17.4. The molecule has 1 saturated heterocycles. The smallest absolute Gasteiger partial charge is 0.295 e. The summed E-state index contributed by atoms with van der Waals surface area (Å²) < 4.78 is 5.60. The Morgan fingerprint density at radius 3 is 2.26 bits per heavy atom. The Balaban J connectivity index is 2.07. The molecule has 8 nitrogen and oxygen atoms in total. The van der Waals surface area contributed by atoms with Gasteiger partial charge in [0.1, 0.15) is 11.5 Å². The zero-order chi connectivity index (χ0) is 22.5. The van der Waals surface area contributed by atoms with Crippen LogP contribution >= 0.6 is 0 Å². The molecule has 1 atom stereocenters. The van der Waals surface area contributed by atoms with Gasteiger partial charge in [-0.1, -0.05) is 26.0 Å². The van der Waals surface area contributed by atoms with Crippen LogP contribution in [-0.2, 0) is 9.59 Å². The van der Waals surface area contributed by atoms with E-state index in [9.17, 15) is 24.8 Å². The lowest BCUT2D eigenvalue weighted by Gasteiger charge is -2.25. The summed E-state index contributed by atoms with van der Waals surface area (Å²) in [5.41, 5.74) is 0.727. The van der Waals surface area contributed by atoms with Gasteiger partial charge in [-0.25, -0.2) is 0 Å². The summed E-state index contributed by atoms with van der Waals surface area (Å²) >= 11 is 0. The molecule has 0 aromatic heterocycles. The second kappa shape index (κ2) is 9.42. The van der Waals surface area contributed by atoms with Crippen molar-refractivity contribution in [3.8, 4) is 5.75 Å². The van der Waals surface area contributed by atoms with Gasteiger partial charge < -0.3 is 14.7 Å². The molecule has 0 bridgehead atoms. The second-order valence-corrected chi connectivity index (χ2v) is 7.21. The molecule has 3 rings (SSSR count). The first-order valence-corrected chi connectivity index (χ1v) is 10.1. The van der Waals surface area contributed by atoms with Gasteiger partial charge in [0, 0.05) is 24.2 Å². The number of ketones is 1. The topological polar surface area (TPSA) is 110 Å². The lowest BCUT2D eigenvalue weighted by molar-refractivity contribution is -0.384. The Labute approximate surface area is 179 Å². The Kier molecular flexibility index (Phi) is 6.69. The number of ether oxygens (including phenoxy) is 1. The molecule has 1 amide bonds. The first kappa shape index (κ1) is 22.0. The molecule has 0 saturated carbocycles. The molecule has 1 aliphatic rings. The number of nitrogens with zero attached hydrogens (tertiary/aromatic N) is 2. The number of likely N-dealkylation sites (tertiary alicyclic amines) is 1. The molecule has 0 spiro atoms. The number of nitro benzene ring substituents is 1. The van der Waals surface area contributed by atoms with Crippen LogP contribution in [0.3, 0.4) is 0 Å². The third-order valence-corrected chi connectivity index (χ3v) is 5.02. The van der Waals surface area contributed by atoms with Gasteiger partial charge in [-0.3, -0.25) is 19.7 Å². The maximum Gasteiger partial charge on any atom is 0.295 e. The van der Waals surface area contributed by atoms with E-state index in [2.05, 4.69) is 0 Å². The quantitative estimate of drug-likeness (QED) is 0.223.